The van der Waals surface area contributed by atoms with Gasteiger partial charge in [-0.15, -0.1) is 0 Å². The zero-order valence-electron chi connectivity index (χ0n) is 16.1. The van der Waals surface area contributed by atoms with E-state index in [2.05, 4.69) is 10.3 Å². The Kier molecular flexibility index (Phi) is 5.31. The highest BCUT2D eigenvalue weighted by Gasteiger charge is 2.24. The van der Waals surface area contributed by atoms with Crippen LogP contribution in [0.4, 0.5) is 10.1 Å². The molecule has 0 bridgehead atoms. The summed E-state index contributed by atoms with van der Waals surface area (Å²) in [6.07, 6.45) is 1.44. The minimum atomic E-state index is -0.842. The number of pyridine rings is 2. The van der Waals surface area contributed by atoms with Gasteiger partial charge >= 0.3 is 0 Å². The number of aromatic nitrogens is 2. The fourth-order valence-corrected chi connectivity index (χ4v) is 3.43. The molecule has 0 aliphatic rings. The number of methoxy groups -OCH3 is 1. The van der Waals surface area contributed by atoms with Gasteiger partial charge in [-0.2, -0.15) is 0 Å². The normalized spacial score (nSPS) is 10.8. The highest BCUT2D eigenvalue weighted by molar-refractivity contribution is 6.32. The van der Waals surface area contributed by atoms with Crippen LogP contribution in [0.1, 0.15) is 10.4 Å². The van der Waals surface area contributed by atoms with Crippen LogP contribution in [-0.2, 0) is 0 Å². The van der Waals surface area contributed by atoms with E-state index in [1.54, 1.807) is 18.2 Å². The number of rotatable bonds is 4. The van der Waals surface area contributed by atoms with Gasteiger partial charge in [0.05, 0.1) is 23.2 Å². The standard InChI is InChI=1S/C22H15ClFN3O4/c1-31-17-9-6-13(11-16(17)23)26-21(29)18-19(28)15-3-2-10-25-20(15)27(22(18)30)14-7-4-12(24)5-8-14/h2-11,28H,1H3,(H,26,29). The Labute approximate surface area is 180 Å². The molecule has 0 saturated heterocycles. The van der Waals surface area contributed by atoms with Crippen molar-refractivity contribution in [3.05, 3.63) is 87.6 Å². The first-order valence-electron chi connectivity index (χ1n) is 9.04. The second-order valence-electron chi connectivity index (χ2n) is 6.52. The van der Waals surface area contributed by atoms with Crippen LogP contribution in [0, 0.1) is 5.82 Å². The SMILES string of the molecule is COc1ccc(NC(=O)c2c(O)c3cccnc3n(-c3ccc(F)cc3)c2=O)cc1Cl. The molecular formula is C22H15ClFN3O4. The predicted molar refractivity (Wildman–Crippen MR) is 115 cm³/mol. The molecule has 7 nitrogen and oxygen atoms in total. The minimum absolute atomic E-state index is 0.126. The van der Waals surface area contributed by atoms with E-state index < -0.39 is 28.6 Å². The van der Waals surface area contributed by atoms with Crippen molar-refractivity contribution in [3.63, 3.8) is 0 Å². The molecule has 0 aliphatic carbocycles. The topological polar surface area (TPSA) is 93.4 Å². The van der Waals surface area contributed by atoms with E-state index in [0.717, 1.165) is 4.57 Å². The molecule has 2 aromatic carbocycles. The van der Waals surface area contributed by atoms with Crippen molar-refractivity contribution in [2.45, 2.75) is 0 Å². The van der Waals surface area contributed by atoms with E-state index in [0.29, 0.717) is 11.4 Å². The van der Waals surface area contributed by atoms with Gasteiger partial charge in [0.1, 0.15) is 22.9 Å². The largest absolute Gasteiger partial charge is 0.506 e. The Morgan fingerprint density at radius 3 is 2.61 bits per heavy atom. The molecule has 2 aromatic heterocycles. The predicted octanol–water partition coefficient (Wildman–Crippen LogP) is 4.14. The Balaban J connectivity index is 1.88. The lowest BCUT2D eigenvalue weighted by molar-refractivity contribution is 0.102. The number of hydrogen-bond donors (Lipinski definition) is 2. The van der Waals surface area contributed by atoms with E-state index in [4.69, 9.17) is 16.3 Å². The summed E-state index contributed by atoms with van der Waals surface area (Å²) in [6.45, 7) is 0. The van der Waals surface area contributed by atoms with Crippen LogP contribution < -0.4 is 15.6 Å². The number of hydrogen-bond acceptors (Lipinski definition) is 5. The van der Waals surface area contributed by atoms with Gasteiger partial charge in [-0.25, -0.2) is 9.37 Å². The smallest absolute Gasteiger partial charge is 0.273 e. The van der Waals surface area contributed by atoms with Crippen LogP contribution in [0.25, 0.3) is 16.7 Å². The van der Waals surface area contributed by atoms with Crippen LogP contribution in [0.15, 0.2) is 65.6 Å². The Hall–Kier alpha value is -3.91. The number of nitrogens with zero attached hydrogens (tertiary/aromatic N) is 2. The summed E-state index contributed by atoms with van der Waals surface area (Å²) >= 11 is 6.09. The van der Waals surface area contributed by atoms with Crippen LogP contribution >= 0.6 is 11.6 Å². The zero-order chi connectivity index (χ0) is 22.1. The van der Waals surface area contributed by atoms with Crippen molar-refractivity contribution in [2.75, 3.05) is 12.4 Å². The number of ether oxygens (including phenoxy) is 1. The van der Waals surface area contributed by atoms with Crippen LogP contribution in [-0.4, -0.2) is 27.7 Å². The molecule has 9 heteroatoms. The molecule has 0 aliphatic heterocycles. The summed E-state index contributed by atoms with van der Waals surface area (Å²) in [5.74, 6) is -1.42. The molecule has 0 fully saturated rings. The fraction of sp³-hybridized carbons (Fsp3) is 0.0455. The first-order chi connectivity index (χ1) is 14.9. The molecule has 2 heterocycles. The van der Waals surface area contributed by atoms with Gasteiger partial charge in [0.15, 0.2) is 5.65 Å². The second kappa shape index (κ2) is 8.08. The average Bonchev–Trinajstić information content (AvgIpc) is 2.75. The highest BCUT2D eigenvalue weighted by atomic mass is 35.5. The summed E-state index contributed by atoms with van der Waals surface area (Å²) in [6, 6.07) is 12.8. The number of benzene rings is 2. The second-order valence-corrected chi connectivity index (χ2v) is 6.93. The molecule has 156 valence electrons. The van der Waals surface area contributed by atoms with Gasteiger partial charge in [0, 0.05) is 11.9 Å². The molecule has 31 heavy (non-hydrogen) atoms. The molecule has 4 aromatic rings. The van der Waals surface area contributed by atoms with Gasteiger partial charge in [-0.3, -0.25) is 14.2 Å². The summed E-state index contributed by atoms with van der Waals surface area (Å²) in [5.41, 5.74) is -0.587. The average molecular weight is 440 g/mol. The Bertz CT molecular complexity index is 1370. The molecule has 0 saturated carbocycles. The number of aromatic hydroxyl groups is 1. The minimum Gasteiger partial charge on any atom is -0.506 e. The molecular weight excluding hydrogens is 425 g/mol. The number of halogens is 2. The van der Waals surface area contributed by atoms with Crippen molar-refractivity contribution in [3.8, 4) is 17.2 Å². The first kappa shape index (κ1) is 20.4. The third-order valence-electron chi connectivity index (χ3n) is 4.63. The highest BCUT2D eigenvalue weighted by Crippen LogP contribution is 2.30. The number of carbonyl (C=O) groups excluding carboxylic acids is 1. The van der Waals surface area contributed by atoms with Crippen molar-refractivity contribution in [1.29, 1.82) is 0 Å². The molecule has 2 N–H and O–H groups in total. The maximum absolute atomic E-state index is 13.4. The number of nitrogens with one attached hydrogen (secondary N) is 1. The molecule has 1 amide bonds. The lowest BCUT2D eigenvalue weighted by atomic mass is 10.1. The van der Waals surface area contributed by atoms with Gasteiger partial charge < -0.3 is 15.2 Å². The molecule has 0 radical (unpaired) electrons. The maximum atomic E-state index is 13.4. The van der Waals surface area contributed by atoms with Gasteiger partial charge in [0.25, 0.3) is 11.5 Å². The van der Waals surface area contributed by atoms with E-state index in [-0.39, 0.29) is 21.7 Å². The quantitative estimate of drug-likeness (QED) is 0.498. The lowest BCUT2D eigenvalue weighted by Crippen LogP contribution is -2.29. The number of fused-ring (bicyclic) bond motifs is 1. The summed E-state index contributed by atoms with van der Waals surface area (Å²) in [5, 5.41) is 13.7. The molecule has 0 atom stereocenters. The third-order valence-corrected chi connectivity index (χ3v) is 4.92. The van der Waals surface area contributed by atoms with Gasteiger partial charge in [-0.05, 0) is 54.6 Å². The fourth-order valence-electron chi connectivity index (χ4n) is 3.18. The first-order valence-corrected chi connectivity index (χ1v) is 9.42. The van der Waals surface area contributed by atoms with Gasteiger partial charge in [-0.1, -0.05) is 11.6 Å². The maximum Gasteiger partial charge on any atom is 0.273 e. The summed E-state index contributed by atoms with van der Waals surface area (Å²) in [4.78, 5) is 30.4. The molecule has 0 unspecified atom stereocenters. The molecule has 0 spiro atoms. The monoisotopic (exact) mass is 439 g/mol. The van der Waals surface area contributed by atoms with E-state index in [1.165, 1.54) is 49.7 Å². The third kappa shape index (κ3) is 3.69. The zero-order valence-corrected chi connectivity index (χ0v) is 16.9. The number of carbonyl (C=O) groups is 1. The number of amides is 1. The molecule has 4 rings (SSSR count). The van der Waals surface area contributed by atoms with Crippen molar-refractivity contribution < 1.29 is 19.0 Å². The van der Waals surface area contributed by atoms with E-state index >= 15 is 0 Å². The number of anilines is 1. The van der Waals surface area contributed by atoms with Gasteiger partial charge in [0.2, 0.25) is 0 Å². The van der Waals surface area contributed by atoms with Crippen molar-refractivity contribution in [2.24, 2.45) is 0 Å². The summed E-state index contributed by atoms with van der Waals surface area (Å²) in [7, 11) is 1.46. The van der Waals surface area contributed by atoms with Crippen LogP contribution in [0.5, 0.6) is 11.5 Å². The Morgan fingerprint density at radius 1 is 1.19 bits per heavy atom. The Morgan fingerprint density at radius 2 is 1.94 bits per heavy atom. The summed E-state index contributed by atoms with van der Waals surface area (Å²) < 4.78 is 19.6. The van der Waals surface area contributed by atoms with Crippen LogP contribution in [0.3, 0.4) is 0 Å². The van der Waals surface area contributed by atoms with E-state index in [1.807, 2.05) is 0 Å². The van der Waals surface area contributed by atoms with Crippen molar-refractivity contribution in [1.82, 2.24) is 9.55 Å². The van der Waals surface area contributed by atoms with Crippen molar-refractivity contribution >= 4 is 34.2 Å². The van der Waals surface area contributed by atoms with Crippen LogP contribution in [0.2, 0.25) is 5.02 Å². The lowest BCUT2D eigenvalue weighted by Gasteiger charge is -2.14. The van der Waals surface area contributed by atoms with E-state index in [9.17, 15) is 19.1 Å².